The molecule has 0 spiro atoms. The number of hydrogen-bond acceptors (Lipinski definition) is 12. The lowest BCUT2D eigenvalue weighted by molar-refractivity contribution is 1.04. The molecule has 0 N–H and O–H groups in total. The molecule has 0 atom stereocenters. The summed E-state index contributed by atoms with van der Waals surface area (Å²) in [4.78, 5) is 22.2. The average Bonchev–Trinajstić information content (AvgIpc) is 1.54. The van der Waals surface area contributed by atoms with Crippen LogP contribution in [0.15, 0.2) is 388 Å². The van der Waals surface area contributed by atoms with Crippen LogP contribution in [0.4, 0.5) is 0 Å². The van der Waals surface area contributed by atoms with Gasteiger partial charge in [0.05, 0.1) is 182 Å². The van der Waals surface area contributed by atoms with Gasteiger partial charge < -0.3 is 18.3 Å². The quantitative estimate of drug-likeness (QED) is 0.0928. The van der Waals surface area contributed by atoms with Gasteiger partial charge in [0.25, 0.3) is 0 Å². The molecule has 16 heteroatoms. The first-order valence-electron chi connectivity index (χ1n) is 46.2. The summed E-state index contributed by atoms with van der Waals surface area (Å²) in [6.45, 7) is 3.87. The van der Waals surface area contributed by atoms with Gasteiger partial charge in [0.15, 0.2) is 11.6 Å². The lowest BCUT2D eigenvalue weighted by Crippen LogP contribution is -2.08. The highest BCUT2D eigenvalue weighted by Crippen LogP contribution is 2.51. The first-order valence-corrected chi connectivity index (χ1v) is 46.2. The SMILES string of the molecule is Cc1cc(C)nc(-c2c(-n3c4cc(-c5ccccc5C#N)ccc4c4ccc(-c5ccccc5C#N)cc43)cc(C#N)cc2-n2c3cc(-c4ccccc4C#N)ccc3c3ccc(-c4c(C#N)cccc4-c4ccc5c(c4)c4cc(-c6ccccc6C#N)ccc4n5-c4cc(C#N)cc(-n5c6ccccc6c6cc(-c7ccccc7C#N)ccc65)c4-c4nc(-c5ccccc5)cc(-c5ccccc5)n4)cc32)n1. The fourth-order valence-corrected chi connectivity index (χ4v) is 21.0. The Kier molecular flexibility index (Phi) is 20.4. The summed E-state index contributed by atoms with van der Waals surface area (Å²) in [6, 6.07) is 147. The van der Waals surface area contributed by atoms with Crippen LogP contribution in [0, 0.1) is 104 Å². The maximum Gasteiger partial charge on any atom is 0.164 e. The molecule has 0 aliphatic heterocycles. The fourth-order valence-electron chi connectivity index (χ4n) is 21.0. The summed E-state index contributed by atoms with van der Waals surface area (Å²) < 4.78 is 8.74. The van der Waals surface area contributed by atoms with Crippen molar-refractivity contribution in [3.05, 3.63) is 444 Å². The van der Waals surface area contributed by atoms with Crippen molar-refractivity contribution in [2.24, 2.45) is 0 Å². The van der Waals surface area contributed by atoms with Gasteiger partial charge in [-0.15, -0.1) is 0 Å². The molecular formula is C126H70N16. The summed E-state index contributed by atoms with van der Waals surface area (Å²) in [5.74, 6) is 0.714. The molecule has 654 valence electrons. The maximum atomic E-state index is 12.0. The highest BCUT2D eigenvalue weighted by Gasteiger charge is 2.32. The van der Waals surface area contributed by atoms with Crippen molar-refractivity contribution in [2.45, 2.75) is 13.8 Å². The first-order chi connectivity index (χ1) is 69.9. The van der Waals surface area contributed by atoms with E-state index < -0.39 is 0 Å². The van der Waals surface area contributed by atoms with E-state index in [4.69, 9.17) is 19.9 Å². The zero-order valence-electron chi connectivity index (χ0n) is 76.1. The Morgan fingerprint density at radius 1 is 0.183 bits per heavy atom. The van der Waals surface area contributed by atoms with E-state index >= 15 is 0 Å². The third-order valence-electron chi connectivity index (χ3n) is 27.3. The molecule has 0 amide bonds. The molecule has 0 saturated carbocycles. The summed E-state index contributed by atoms with van der Waals surface area (Å²) in [5, 5.41) is 96.3. The smallest absolute Gasteiger partial charge is 0.164 e. The Morgan fingerprint density at radius 2 is 0.458 bits per heavy atom. The average molecular weight is 1810 g/mol. The maximum absolute atomic E-state index is 12.0. The first kappa shape index (κ1) is 84.3. The van der Waals surface area contributed by atoms with Gasteiger partial charge in [-0.25, -0.2) is 19.9 Å². The van der Waals surface area contributed by atoms with Gasteiger partial charge >= 0.3 is 0 Å². The number of nitriles is 8. The molecule has 0 aliphatic carbocycles. The van der Waals surface area contributed by atoms with Crippen LogP contribution < -0.4 is 0 Å². The van der Waals surface area contributed by atoms with Gasteiger partial charge in [0.1, 0.15) is 0 Å². The molecular weight excluding hydrogens is 1740 g/mol. The number of aryl methyl sites for hydroxylation is 2. The van der Waals surface area contributed by atoms with Crippen LogP contribution in [0.2, 0.25) is 0 Å². The Labute approximate surface area is 814 Å². The number of nitrogens with zero attached hydrogens (tertiary/aromatic N) is 16. The summed E-state index contributed by atoms with van der Waals surface area (Å²) in [7, 11) is 0. The second kappa shape index (κ2) is 34.3. The van der Waals surface area contributed by atoms with Crippen LogP contribution in [-0.4, -0.2) is 38.2 Å². The van der Waals surface area contributed by atoms with Crippen LogP contribution in [0.25, 0.3) is 233 Å². The van der Waals surface area contributed by atoms with Crippen molar-refractivity contribution in [2.75, 3.05) is 0 Å². The molecule has 6 heterocycles. The molecule has 142 heavy (non-hydrogen) atoms. The Morgan fingerprint density at radius 3 is 0.831 bits per heavy atom. The zero-order chi connectivity index (χ0) is 96.1. The molecule has 0 aliphatic rings. The molecule has 24 rings (SSSR count). The Balaban J connectivity index is 0.778. The standard InChI is InChI=1S/C126H70N16/c1-75-54-76(2)136-125(135-75)123-120(141-114-62-84(96-34-16-11-28-90(96)71-131)40-47-101(114)102-48-41-85(63-115(102)141)97-35-17-12-29-91(97)72-132)57-78(68-128)58-121(123)142-116-64-86(98-36-18-13-30-92(98)73-133)42-49-103(116)104-50-43-87(65-117(104)142)122-93(74-134)31-21-38-99(122)83-46-53-113-107(61-83)106-60-82(95-33-15-10-27-89(95)70-130)45-52-112(106)140(113)119-56-77(67-127)55-118(124(119)126-137-108(79-22-5-3-6-23-79)66-109(138-126)80-24-7-4-8-25-80)139-110-39-20-19-37-100(110)105-59-81(44-51-111(105)139)94-32-14-9-26-88(94)69-129/h3-66H,1-2H3. The summed E-state index contributed by atoms with van der Waals surface area (Å²) in [5.41, 5.74) is 27.5. The molecule has 0 fully saturated rings. The van der Waals surface area contributed by atoms with Crippen molar-refractivity contribution in [1.82, 2.24) is 38.2 Å². The molecule has 16 nitrogen and oxygen atoms in total. The molecule has 24 aromatic rings. The van der Waals surface area contributed by atoms with E-state index in [1.807, 2.05) is 275 Å². The highest BCUT2D eigenvalue weighted by atomic mass is 15.1. The van der Waals surface area contributed by atoms with Crippen molar-refractivity contribution in [1.29, 1.82) is 42.1 Å². The summed E-state index contributed by atoms with van der Waals surface area (Å²) >= 11 is 0. The zero-order valence-corrected chi connectivity index (χ0v) is 76.1. The lowest BCUT2D eigenvalue weighted by atomic mass is 9.89. The molecule has 0 saturated heterocycles. The number of hydrogen-bond donors (Lipinski definition) is 0. The fraction of sp³-hybridized carbons (Fsp3) is 0.0159. The van der Waals surface area contributed by atoms with E-state index in [-0.39, 0.29) is 5.56 Å². The van der Waals surface area contributed by atoms with Gasteiger partial charge in [-0.2, -0.15) is 42.1 Å². The molecule has 0 bridgehead atoms. The minimum absolute atomic E-state index is 0.285. The molecule has 18 aromatic carbocycles. The van der Waals surface area contributed by atoms with Crippen molar-refractivity contribution < 1.29 is 0 Å². The van der Waals surface area contributed by atoms with Gasteiger partial charge in [-0.1, -0.05) is 249 Å². The summed E-state index contributed by atoms with van der Waals surface area (Å²) in [6.07, 6.45) is 0. The monoisotopic (exact) mass is 1810 g/mol. The number of aromatic nitrogens is 8. The largest absolute Gasteiger partial charge is 0.308 e. The van der Waals surface area contributed by atoms with E-state index in [1.54, 1.807) is 18.2 Å². The van der Waals surface area contributed by atoms with Gasteiger partial charge in [-0.05, 0) is 226 Å². The topological polar surface area (TPSA) is 262 Å². The Hall–Kier alpha value is -20.8. The minimum Gasteiger partial charge on any atom is -0.308 e. The second-order valence-corrected chi connectivity index (χ2v) is 35.3. The van der Waals surface area contributed by atoms with Crippen LogP contribution in [0.3, 0.4) is 0 Å². The number of fused-ring (bicyclic) bond motifs is 12. The molecule has 6 aromatic heterocycles. The van der Waals surface area contributed by atoms with Crippen LogP contribution in [-0.2, 0) is 0 Å². The molecule has 0 radical (unpaired) electrons. The van der Waals surface area contributed by atoms with E-state index in [2.05, 4.69) is 176 Å². The number of para-hydroxylation sites is 1. The predicted octanol–water partition coefficient (Wildman–Crippen LogP) is 29.6. The van der Waals surface area contributed by atoms with Crippen molar-refractivity contribution >= 4 is 87.2 Å². The second-order valence-electron chi connectivity index (χ2n) is 35.3. The van der Waals surface area contributed by atoms with E-state index in [0.717, 1.165) is 143 Å². The number of benzene rings is 18. The van der Waals surface area contributed by atoms with E-state index in [9.17, 15) is 42.1 Å². The van der Waals surface area contributed by atoms with Gasteiger partial charge in [-0.3, -0.25) is 0 Å². The molecule has 0 unspecified atom stereocenters. The number of rotatable bonds is 15. The minimum atomic E-state index is 0.285. The van der Waals surface area contributed by atoms with E-state index in [0.29, 0.717) is 141 Å². The normalized spacial score (nSPS) is 11.3. The van der Waals surface area contributed by atoms with Crippen LogP contribution in [0.1, 0.15) is 55.9 Å². The van der Waals surface area contributed by atoms with Gasteiger partial charge in [0, 0.05) is 71.2 Å². The Bertz CT molecular complexity index is 9770. The third-order valence-corrected chi connectivity index (χ3v) is 27.3. The third kappa shape index (κ3) is 13.9. The van der Waals surface area contributed by atoms with Crippen molar-refractivity contribution in [3.63, 3.8) is 0 Å². The van der Waals surface area contributed by atoms with Crippen LogP contribution in [0.5, 0.6) is 0 Å². The van der Waals surface area contributed by atoms with Gasteiger partial charge in [0.2, 0.25) is 0 Å². The highest BCUT2D eigenvalue weighted by molar-refractivity contribution is 6.18. The van der Waals surface area contributed by atoms with E-state index in [1.165, 1.54) is 0 Å². The lowest BCUT2D eigenvalue weighted by Gasteiger charge is -2.21. The van der Waals surface area contributed by atoms with Crippen molar-refractivity contribution in [3.8, 4) is 194 Å². The predicted molar refractivity (Wildman–Crippen MR) is 562 cm³/mol. The van der Waals surface area contributed by atoms with Crippen LogP contribution >= 0.6 is 0 Å².